The van der Waals surface area contributed by atoms with Crippen LogP contribution in [-0.2, 0) is 0 Å². The van der Waals surface area contributed by atoms with Crippen LogP contribution in [0.1, 0.15) is 50.6 Å². The van der Waals surface area contributed by atoms with Crippen LogP contribution in [0, 0.1) is 5.82 Å². The zero-order chi connectivity index (χ0) is 15.3. The van der Waals surface area contributed by atoms with E-state index in [1.54, 1.807) is 13.2 Å². The van der Waals surface area contributed by atoms with Gasteiger partial charge < -0.3 is 10.1 Å². The van der Waals surface area contributed by atoms with Gasteiger partial charge in [-0.1, -0.05) is 25.3 Å². The molecule has 0 radical (unpaired) electrons. The van der Waals surface area contributed by atoms with Gasteiger partial charge in [-0.15, -0.1) is 0 Å². The lowest BCUT2D eigenvalue weighted by molar-refractivity contribution is 0.356. The van der Waals surface area contributed by atoms with Crippen LogP contribution < -0.4 is 10.1 Å². The van der Waals surface area contributed by atoms with Crippen molar-refractivity contribution in [2.75, 3.05) is 19.9 Å². The third-order valence-electron chi connectivity index (χ3n) is 4.59. The van der Waals surface area contributed by atoms with E-state index in [4.69, 9.17) is 4.74 Å². The summed E-state index contributed by atoms with van der Waals surface area (Å²) in [5.74, 6) is 0.424. The first-order valence-corrected chi connectivity index (χ1v) is 8.95. The number of hydrogen-bond donors (Lipinski definition) is 1. The maximum atomic E-state index is 14.1. The Hall–Kier alpha value is -0.740. The predicted octanol–water partition coefficient (Wildman–Crippen LogP) is 4.55. The van der Waals surface area contributed by atoms with Crippen LogP contribution in [0.5, 0.6) is 5.75 Å². The van der Waals surface area contributed by atoms with E-state index in [-0.39, 0.29) is 11.9 Å². The van der Waals surface area contributed by atoms with Gasteiger partial charge >= 0.3 is 0 Å². The molecule has 1 aromatic carbocycles. The summed E-state index contributed by atoms with van der Waals surface area (Å²) in [6, 6.07) is 4.96. The average molecular weight is 311 g/mol. The quantitative estimate of drug-likeness (QED) is 0.832. The molecular formula is C17H26FNOS. The second-order valence-electron chi connectivity index (χ2n) is 5.91. The first-order chi connectivity index (χ1) is 10.1. The summed E-state index contributed by atoms with van der Waals surface area (Å²) < 4.78 is 19.7. The number of thioether (sulfide) groups is 1. The molecule has 0 heterocycles. The van der Waals surface area contributed by atoms with Crippen LogP contribution in [-0.4, -0.2) is 24.7 Å². The number of halogens is 1. The Morgan fingerprint density at radius 3 is 2.67 bits per heavy atom. The van der Waals surface area contributed by atoms with E-state index in [1.807, 2.05) is 24.8 Å². The lowest BCUT2D eigenvalue weighted by Crippen LogP contribution is -2.40. The number of hydrogen-bond acceptors (Lipinski definition) is 3. The average Bonchev–Trinajstić information content (AvgIpc) is 2.53. The molecular weight excluding hydrogens is 285 g/mol. The second-order valence-corrected chi connectivity index (χ2v) is 7.18. The molecule has 0 aliphatic heterocycles. The number of nitrogens with one attached hydrogen (secondary N) is 1. The van der Waals surface area contributed by atoms with Gasteiger partial charge in [0.1, 0.15) is 11.6 Å². The van der Waals surface area contributed by atoms with Crippen LogP contribution in [0.25, 0.3) is 0 Å². The summed E-state index contributed by atoms with van der Waals surface area (Å²) >= 11 is 1.96. The van der Waals surface area contributed by atoms with Gasteiger partial charge in [-0.3, -0.25) is 0 Å². The van der Waals surface area contributed by atoms with E-state index in [0.717, 1.165) is 6.54 Å². The van der Waals surface area contributed by atoms with E-state index in [0.29, 0.717) is 16.1 Å². The van der Waals surface area contributed by atoms with E-state index in [2.05, 4.69) is 11.6 Å². The van der Waals surface area contributed by atoms with E-state index in [1.165, 1.54) is 38.2 Å². The summed E-state index contributed by atoms with van der Waals surface area (Å²) in [5, 5.41) is 3.54. The van der Waals surface area contributed by atoms with Gasteiger partial charge in [0.2, 0.25) is 0 Å². The monoisotopic (exact) mass is 311 g/mol. The zero-order valence-corrected chi connectivity index (χ0v) is 14.1. The highest BCUT2D eigenvalue weighted by Crippen LogP contribution is 2.38. The van der Waals surface area contributed by atoms with Gasteiger partial charge in [-0.05, 0) is 38.2 Å². The van der Waals surface area contributed by atoms with Gasteiger partial charge in [0.15, 0.2) is 0 Å². The molecule has 4 heteroatoms. The van der Waals surface area contributed by atoms with Crippen LogP contribution in [0.4, 0.5) is 4.39 Å². The third kappa shape index (κ3) is 3.92. The number of methoxy groups -OCH3 is 1. The van der Waals surface area contributed by atoms with Crippen LogP contribution >= 0.6 is 11.8 Å². The predicted molar refractivity (Wildman–Crippen MR) is 88.7 cm³/mol. The molecule has 0 amide bonds. The van der Waals surface area contributed by atoms with Gasteiger partial charge in [0.25, 0.3) is 0 Å². The summed E-state index contributed by atoms with van der Waals surface area (Å²) in [6.45, 7) is 2.94. The molecule has 0 spiro atoms. The smallest absolute Gasteiger partial charge is 0.131 e. The molecule has 1 unspecified atom stereocenters. The molecule has 2 rings (SSSR count). The van der Waals surface area contributed by atoms with E-state index < -0.39 is 0 Å². The molecule has 0 bridgehead atoms. The van der Waals surface area contributed by atoms with Gasteiger partial charge in [0.05, 0.1) is 7.11 Å². The van der Waals surface area contributed by atoms with Gasteiger partial charge in [-0.2, -0.15) is 11.8 Å². The van der Waals surface area contributed by atoms with Crippen molar-refractivity contribution in [3.63, 3.8) is 0 Å². The molecule has 1 saturated carbocycles. The largest absolute Gasteiger partial charge is 0.496 e. The maximum Gasteiger partial charge on any atom is 0.131 e. The maximum absolute atomic E-state index is 14.1. The molecule has 1 aliphatic rings. The number of rotatable bonds is 6. The van der Waals surface area contributed by atoms with Crippen molar-refractivity contribution in [1.82, 2.24) is 5.32 Å². The Labute approximate surface area is 131 Å². The minimum absolute atomic E-state index is 0.0490. The molecule has 21 heavy (non-hydrogen) atoms. The number of benzene rings is 1. The highest BCUT2D eigenvalue weighted by atomic mass is 32.2. The van der Waals surface area contributed by atoms with Crippen molar-refractivity contribution in [2.45, 2.75) is 49.8 Å². The second kappa shape index (κ2) is 7.50. The highest BCUT2D eigenvalue weighted by Gasteiger charge is 2.31. The van der Waals surface area contributed by atoms with Gasteiger partial charge in [0, 0.05) is 22.9 Å². The fourth-order valence-corrected chi connectivity index (χ4v) is 4.13. The Balaban J connectivity index is 2.06. The molecule has 2 nitrogen and oxygen atoms in total. The van der Waals surface area contributed by atoms with Crippen molar-refractivity contribution in [2.24, 2.45) is 0 Å². The molecule has 1 aliphatic carbocycles. The lowest BCUT2D eigenvalue weighted by atomic mass is 9.88. The lowest BCUT2D eigenvalue weighted by Gasteiger charge is -2.37. The summed E-state index contributed by atoms with van der Waals surface area (Å²) in [4.78, 5) is 0. The topological polar surface area (TPSA) is 21.3 Å². The Morgan fingerprint density at radius 1 is 1.33 bits per heavy atom. The molecule has 0 aromatic heterocycles. The molecule has 118 valence electrons. The van der Waals surface area contributed by atoms with E-state index in [9.17, 15) is 4.39 Å². The third-order valence-corrected chi connectivity index (χ3v) is 6.01. The van der Waals surface area contributed by atoms with Gasteiger partial charge in [-0.25, -0.2) is 4.39 Å². The Kier molecular flexibility index (Phi) is 5.94. The SMILES string of the molecule is COc1cccc(F)c1C(C)NCC1(SC)CCCCC1. The molecule has 1 N–H and O–H groups in total. The fourth-order valence-electron chi connectivity index (χ4n) is 3.21. The highest BCUT2D eigenvalue weighted by molar-refractivity contribution is 8.00. The molecule has 0 saturated heterocycles. The first kappa shape index (κ1) is 16.6. The zero-order valence-electron chi connectivity index (χ0n) is 13.2. The van der Waals surface area contributed by atoms with Crippen molar-refractivity contribution in [1.29, 1.82) is 0 Å². The van der Waals surface area contributed by atoms with Crippen molar-refractivity contribution in [3.05, 3.63) is 29.6 Å². The standard InChI is InChI=1S/C17H26FNOS/c1-13(16-14(18)8-7-9-15(16)20-2)19-12-17(21-3)10-5-4-6-11-17/h7-9,13,19H,4-6,10-12H2,1-3H3. The number of ether oxygens (including phenoxy) is 1. The minimum Gasteiger partial charge on any atom is -0.496 e. The molecule has 1 atom stereocenters. The summed E-state index contributed by atoms with van der Waals surface area (Å²) in [6.07, 6.45) is 8.66. The normalized spacial score (nSPS) is 19.2. The van der Waals surface area contributed by atoms with Crippen molar-refractivity contribution in [3.8, 4) is 5.75 Å². The minimum atomic E-state index is -0.198. The van der Waals surface area contributed by atoms with E-state index >= 15 is 0 Å². The van der Waals surface area contributed by atoms with Crippen LogP contribution in [0.3, 0.4) is 0 Å². The summed E-state index contributed by atoms with van der Waals surface area (Å²) in [5.41, 5.74) is 0.632. The van der Waals surface area contributed by atoms with Crippen molar-refractivity contribution < 1.29 is 9.13 Å². The van der Waals surface area contributed by atoms with Crippen molar-refractivity contribution >= 4 is 11.8 Å². The fraction of sp³-hybridized carbons (Fsp3) is 0.647. The van der Waals surface area contributed by atoms with Crippen LogP contribution in [0.2, 0.25) is 0 Å². The molecule has 1 aromatic rings. The van der Waals surface area contributed by atoms with Crippen LogP contribution in [0.15, 0.2) is 18.2 Å². The first-order valence-electron chi connectivity index (χ1n) is 7.73. The molecule has 1 fully saturated rings. The summed E-state index contributed by atoms with van der Waals surface area (Å²) in [7, 11) is 1.59. The Morgan fingerprint density at radius 2 is 2.05 bits per heavy atom. The Bertz CT molecular complexity index is 460.